The maximum absolute atomic E-state index is 5.66. The van der Waals surface area contributed by atoms with Crippen LogP contribution in [0.4, 0.5) is 6.01 Å². The molecule has 1 aromatic rings. The van der Waals surface area contributed by atoms with Gasteiger partial charge in [0.25, 0.3) is 0 Å². The molecule has 1 aliphatic carbocycles. The predicted molar refractivity (Wildman–Crippen MR) is 66.5 cm³/mol. The molecule has 1 fully saturated rings. The average Bonchev–Trinajstić information content (AvgIpc) is 2.75. The molecule has 17 heavy (non-hydrogen) atoms. The summed E-state index contributed by atoms with van der Waals surface area (Å²) in [6.07, 6.45) is 5.29. The van der Waals surface area contributed by atoms with Crippen LogP contribution in [0.15, 0.2) is 4.42 Å². The minimum Gasteiger partial charge on any atom is -0.406 e. The molecule has 0 bridgehead atoms. The maximum atomic E-state index is 5.66. The number of hydrogen-bond donors (Lipinski definition) is 2. The van der Waals surface area contributed by atoms with Crippen LogP contribution >= 0.6 is 0 Å². The highest BCUT2D eigenvalue weighted by atomic mass is 16.4. The van der Waals surface area contributed by atoms with Crippen LogP contribution in [-0.2, 0) is 0 Å². The quantitative estimate of drug-likeness (QED) is 0.841. The summed E-state index contributed by atoms with van der Waals surface area (Å²) in [6, 6.07) is 0.295. The zero-order chi connectivity index (χ0) is 12.3. The highest BCUT2D eigenvalue weighted by Gasteiger charge is 2.19. The van der Waals surface area contributed by atoms with Crippen molar-refractivity contribution in [2.24, 2.45) is 17.6 Å². The third-order valence-electron chi connectivity index (χ3n) is 3.42. The summed E-state index contributed by atoms with van der Waals surface area (Å²) < 4.78 is 5.40. The van der Waals surface area contributed by atoms with Gasteiger partial charge in [0.1, 0.15) is 0 Å². The maximum Gasteiger partial charge on any atom is 0.315 e. The van der Waals surface area contributed by atoms with Gasteiger partial charge in [-0.25, -0.2) is 0 Å². The number of anilines is 1. The molecule has 1 aliphatic rings. The van der Waals surface area contributed by atoms with Crippen LogP contribution in [0.1, 0.15) is 51.5 Å². The van der Waals surface area contributed by atoms with Crippen molar-refractivity contribution in [2.75, 3.05) is 11.9 Å². The van der Waals surface area contributed by atoms with Crippen molar-refractivity contribution in [3.05, 3.63) is 5.89 Å². The van der Waals surface area contributed by atoms with Crippen molar-refractivity contribution < 1.29 is 4.42 Å². The van der Waals surface area contributed by atoms with Crippen molar-refractivity contribution in [3.63, 3.8) is 0 Å². The molecule has 0 saturated heterocycles. The van der Waals surface area contributed by atoms with Gasteiger partial charge in [-0.3, -0.25) is 0 Å². The second-order valence-corrected chi connectivity index (χ2v) is 5.25. The molecule has 1 saturated carbocycles. The Kier molecular flexibility index (Phi) is 3.99. The summed E-state index contributed by atoms with van der Waals surface area (Å²) in [4.78, 5) is 0. The highest BCUT2D eigenvalue weighted by molar-refractivity contribution is 5.17. The lowest BCUT2D eigenvalue weighted by Gasteiger charge is -2.26. The van der Waals surface area contributed by atoms with Gasteiger partial charge in [-0.1, -0.05) is 24.9 Å². The first kappa shape index (κ1) is 12.4. The second kappa shape index (κ2) is 5.49. The van der Waals surface area contributed by atoms with Gasteiger partial charge in [-0.05, 0) is 31.6 Å². The first-order valence-corrected chi connectivity index (χ1v) is 6.48. The molecule has 0 amide bonds. The lowest BCUT2D eigenvalue weighted by molar-refractivity contribution is 0.292. The monoisotopic (exact) mass is 238 g/mol. The zero-order valence-corrected chi connectivity index (χ0v) is 10.6. The first-order valence-electron chi connectivity index (χ1n) is 6.48. The van der Waals surface area contributed by atoms with E-state index in [9.17, 15) is 0 Å². The molecule has 3 unspecified atom stereocenters. The van der Waals surface area contributed by atoms with Gasteiger partial charge in [-0.15, -0.1) is 5.10 Å². The molecule has 0 aliphatic heterocycles. The Morgan fingerprint density at radius 2 is 2.29 bits per heavy atom. The molecule has 3 N–H and O–H groups in total. The van der Waals surface area contributed by atoms with Crippen molar-refractivity contribution in [1.82, 2.24) is 10.2 Å². The fraction of sp³-hybridized carbons (Fsp3) is 0.833. The van der Waals surface area contributed by atoms with Crippen LogP contribution in [0.25, 0.3) is 0 Å². The predicted octanol–water partition coefficient (Wildman–Crippen LogP) is 2.33. The van der Waals surface area contributed by atoms with Crippen LogP contribution in [-0.4, -0.2) is 16.7 Å². The normalized spacial score (nSPS) is 26.8. The molecule has 0 spiro atoms. The largest absolute Gasteiger partial charge is 0.406 e. The number of nitrogens with two attached hydrogens (primary N) is 1. The van der Waals surface area contributed by atoms with E-state index in [-0.39, 0.29) is 6.04 Å². The highest BCUT2D eigenvalue weighted by Crippen LogP contribution is 2.28. The lowest BCUT2D eigenvalue weighted by atomic mass is 9.82. The van der Waals surface area contributed by atoms with Crippen LogP contribution in [0.2, 0.25) is 0 Å². The van der Waals surface area contributed by atoms with Gasteiger partial charge >= 0.3 is 6.01 Å². The Bertz CT molecular complexity index is 350. The minimum absolute atomic E-state index is 0.201. The summed E-state index contributed by atoms with van der Waals surface area (Å²) in [7, 11) is 0. The van der Waals surface area contributed by atoms with Crippen molar-refractivity contribution in [1.29, 1.82) is 0 Å². The van der Waals surface area contributed by atoms with E-state index in [2.05, 4.69) is 22.4 Å². The van der Waals surface area contributed by atoms with Crippen molar-refractivity contribution in [2.45, 2.75) is 45.6 Å². The Labute approximate surface area is 102 Å². The van der Waals surface area contributed by atoms with E-state index in [4.69, 9.17) is 10.2 Å². The number of nitrogens with one attached hydrogen (secondary N) is 1. The van der Waals surface area contributed by atoms with E-state index in [0.717, 1.165) is 18.4 Å². The summed E-state index contributed by atoms with van der Waals surface area (Å²) in [5, 5.41) is 11.0. The van der Waals surface area contributed by atoms with E-state index in [0.29, 0.717) is 11.9 Å². The van der Waals surface area contributed by atoms with E-state index in [1.54, 1.807) is 0 Å². The minimum atomic E-state index is -0.201. The molecule has 0 aromatic carbocycles. The average molecular weight is 238 g/mol. The Hall–Kier alpha value is -1.10. The van der Waals surface area contributed by atoms with Crippen molar-refractivity contribution >= 4 is 6.01 Å². The van der Waals surface area contributed by atoms with Gasteiger partial charge in [0.15, 0.2) is 0 Å². The van der Waals surface area contributed by atoms with Gasteiger partial charge in [0.2, 0.25) is 5.89 Å². The summed E-state index contributed by atoms with van der Waals surface area (Å²) >= 11 is 0. The van der Waals surface area contributed by atoms with Crippen LogP contribution < -0.4 is 11.1 Å². The second-order valence-electron chi connectivity index (χ2n) is 5.25. The van der Waals surface area contributed by atoms with Gasteiger partial charge in [0, 0.05) is 6.54 Å². The van der Waals surface area contributed by atoms with E-state index < -0.39 is 0 Å². The van der Waals surface area contributed by atoms with Gasteiger partial charge < -0.3 is 15.5 Å². The molecule has 5 heteroatoms. The first-order chi connectivity index (χ1) is 8.15. The third kappa shape index (κ3) is 3.43. The third-order valence-corrected chi connectivity index (χ3v) is 3.42. The fourth-order valence-corrected chi connectivity index (χ4v) is 2.47. The van der Waals surface area contributed by atoms with Gasteiger partial charge in [0.05, 0.1) is 6.04 Å². The molecule has 1 aromatic heterocycles. The topological polar surface area (TPSA) is 77.0 Å². The summed E-state index contributed by atoms with van der Waals surface area (Å²) in [6.45, 7) is 5.08. The van der Waals surface area contributed by atoms with Crippen molar-refractivity contribution in [3.8, 4) is 0 Å². The molecule has 0 radical (unpaired) electrons. The van der Waals surface area contributed by atoms with E-state index >= 15 is 0 Å². The van der Waals surface area contributed by atoms with Crippen LogP contribution in [0.3, 0.4) is 0 Å². The Morgan fingerprint density at radius 3 is 2.94 bits per heavy atom. The fourth-order valence-electron chi connectivity index (χ4n) is 2.47. The van der Waals surface area contributed by atoms with Crippen LogP contribution in [0.5, 0.6) is 0 Å². The Morgan fingerprint density at radius 1 is 1.47 bits per heavy atom. The van der Waals surface area contributed by atoms with E-state index in [1.807, 2.05) is 6.92 Å². The SMILES string of the molecule is CC1CCCC(CNc2nnc(C(C)N)o2)C1. The van der Waals surface area contributed by atoms with E-state index in [1.165, 1.54) is 25.7 Å². The molecule has 5 nitrogen and oxygen atoms in total. The summed E-state index contributed by atoms with van der Waals surface area (Å²) in [5.41, 5.74) is 5.66. The van der Waals surface area contributed by atoms with Crippen LogP contribution in [0, 0.1) is 11.8 Å². The standard InChI is InChI=1S/C12H22N4O/c1-8-4-3-5-10(6-8)7-14-12-16-15-11(17-12)9(2)13/h8-10H,3-7,13H2,1-2H3,(H,14,16). The molecule has 2 rings (SSSR count). The molecular weight excluding hydrogens is 216 g/mol. The molecule has 3 atom stereocenters. The molecule has 96 valence electrons. The number of aromatic nitrogens is 2. The summed E-state index contributed by atoms with van der Waals surface area (Å²) in [5.74, 6) is 2.06. The zero-order valence-electron chi connectivity index (χ0n) is 10.6. The Balaban J connectivity index is 1.80. The number of nitrogens with zero attached hydrogens (tertiary/aromatic N) is 2. The number of hydrogen-bond acceptors (Lipinski definition) is 5. The van der Waals surface area contributed by atoms with Gasteiger partial charge in [-0.2, -0.15) is 0 Å². The lowest BCUT2D eigenvalue weighted by Crippen LogP contribution is -2.21. The smallest absolute Gasteiger partial charge is 0.315 e. The molecule has 1 heterocycles. The molecular formula is C12H22N4O. The number of rotatable bonds is 4.